The van der Waals surface area contributed by atoms with Gasteiger partial charge in [0, 0.05) is 32.1 Å². The van der Waals surface area contributed by atoms with Crippen LogP contribution in [0.25, 0.3) is 0 Å². The maximum Gasteiger partial charge on any atom is 0.243 e. The van der Waals surface area contributed by atoms with Crippen molar-refractivity contribution in [3.63, 3.8) is 0 Å². The van der Waals surface area contributed by atoms with E-state index in [0.29, 0.717) is 33.2 Å². The molecule has 0 amide bonds. The number of hydrogen-bond acceptors (Lipinski definition) is 5. The van der Waals surface area contributed by atoms with Crippen molar-refractivity contribution < 1.29 is 31.6 Å². The molecule has 1 aromatic heterocycles. The van der Waals surface area contributed by atoms with Crippen LogP contribution >= 0.6 is 46.4 Å². The van der Waals surface area contributed by atoms with Gasteiger partial charge in [0.05, 0.1) is 20.3 Å². The largest absolute Gasteiger partial charge is 0.726 e. The topological polar surface area (TPSA) is 105 Å². The normalized spacial score (nSPS) is 12.0. The molecule has 0 saturated heterocycles. The first-order valence-corrected chi connectivity index (χ1v) is 14.7. The fourth-order valence-electron chi connectivity index (χ4n) is 3.75. The molecule has 0 fully saturated rings. The Morgan fingerprint density at radius 3 is 2.20 bits per heavy atom. The van der Waals surface area contributed by atoms with Crippen LogP contribution in [0.3, 0.4) is 0 Å². The average molecular weight is 648 g/mol. The van der Waals surface area contributed by atoms with Crippen LogP contribution in [0.15, 0.2) is 79.4 Å². The predicted molar refractivity (Wildman–Crippen MR) is 154 cm³/mol. The lowest BCUT2D eigenvalue weighted by atomic mass is 10.1. The summed E-state index contributed by atoms with van der Waals surface area (Å²) in [5, 5.41) is 2.29. The van der Waals surface area contributed by atoms with E-state index in [4.69, 9.17) is 73.4 Å². The summed E-state index contributed by atoms with van der Waals surface area (Å²) in [6.07, 6.45) is 6.76. The third kappa shape index (κ3) is 10.9. The number of benzene rings is 3. The van der Waals surface area contributed by atoms with Crippen molar-refractivity contribution in [1.29, 1.82) is 0 Å². The van der Waals surface area contributed by atoms with Crippen molar-refractivity contribution in [2.45, 2.75) is 32.2 Å². The van der Waals surface area contributed by atoms with Crippen molar-refractivity contribution in [3.05, 3.63) is 116 Å². The van der Waals surface area contributed by atoms with Crippen LogP contribution in [-0.4, -0.2) is 29.2 Å². The second-order valence-electron chi connectivity index (χ2n) is 8.58. The molecule has 0 saturated carbocycles. The SMILES string of the molecule is COc1ccc(CC[n+]2ccn(CC(OCc3ccc(Cl)cc3Cl)c3ccc(Cl)cc3Cl)c2)cc1.O=S(=O)([O-])O. The van der Waals surface area contributed by atoms with Gasteiger partial charge in [-0.15, -0.1) is 0 Å². The Kier molecular flexibility index (Phi) is 12.1. The first-order valence-electron chi connectivity index (χ1n) is 11.8. The lowest BCUT2D eigenvalue weighted by Gasteiger charge is -2.19. The van der Waals surface area contributed by atoms with Gasteiger partial charge in [0.25, 0.3) is 0 Å². The van der Waals surface area contributed by atoms with Crippen LogP contribution in [0.4, 0.5) is 0 Å². The molecule has 40 heavy (non-hydrogen) atoms. The number of aryl methyl sites for hydroxylation is 2. The van der Waals surface area contributed by atoms with E-state index in [2.05, 4.69) is 33.8 Å². The van der Waals surface area contributed by atoms with Crippen LogP contribution in [0.1, 0.15) is 22.8 Å². The molecule has 0 radical (unpaired) electrons. The number of aromatic nitrogens is 2. The summed E-state index contributed by atoms with van der Waals surface area (Å²) >= 11 is 25.0. The van der Waals surface area contributed by atoms with E-state index in [1.54, 1.807) is 25.3 Å². The zero-order chi connectivity index (χ0) is 29.3. The average Bonchev–Trinajstić information content (AvgIpc) is 3.33. The van der Waals surface area contributed by atoms with E-state index >= 15 is 0 Å². The number of rotatable bonds is 10. The number of nitrogens with zero attached hydrogens (tertiary/aromatic N) is 2. The van der Waals surface area contributed by atoms with Crippen LogP contribution in [0.5, 0.6) is 5.75 Å². The van der Waals surface area contributed by atoms with Gasteiger partial charge < -0.3 is 14.0 Å². The third-order valence-electron chi connectivity index (χ3n) is 5.71. The molecular formula is C27H26Cl4N2O6S. The third-order valence-corrected chi connectivity index (χ3v) is 6.85. The summed E-state index contributed by atoms with van der Waals surface area (Å²) in [5.74, 6) is 0.861. The zero-order valence-electron chi connectivity index (χ0n) is 21.2. The number of hydrogen-bond donors (Lipinski definition) is 1. The molecule has 4 aromatic rings. The minimum Gasteiger partial charge on any atom is -0.726 e. The molecule has 1 atom stereocenters. The molecule has 214 valence electrons. The van der Waals surface area contributed by atoms with Gasteiger partial charge >= 0.3 is 0 Å². The molecule has 0 aliphatic heterocycles. The molecule has 1 N–H and O–H groups in total. The van der Waals surface area contributed by atoms with Gasteiger partial charge in [0.1, 0.15) is 30.8 Å². The molecule has 3 aromatic carbocycles. The predicted octanol–water partition coefficient (Wildman–Crippen LogP) is 6.60. The second kappa shape index (κ2) is 15.0. The van der Waals surface area contributed by atoms with E-state index in [1.165, 1.54) is 5.56 Å². The van der Waals surface area contributed by atoms with Crippen molar-refractivity contribution in [2.75, 3.05) is 7.11 Å². The van der Waals surface area contributed by atoms with Crippen molar-refractivity contribution in [2.24, 2.45) is 0 Å². The summed E-state index contributed by atoms with van der Waals surface area (Å²) in [6, 6.07) is 19.0. The van der Waals surface area contributed by atoms with Crippen molar-refractivity contribution in [3.8, 4) is 5.75 Å². The summed E-state index contributed by atoms with van der Waals surface area (Å²) in [7, 11) is -3.24. The first kappa shape index (κ1) is 32.2. The maximum atomic E-state index is 8.63. The highest BCUT2D eigenvalue weighted by atomic mass is 35.5. The van der Waals surface area contributed by atoms with Gasteiger partial charge in [-0.25, -0.2) is 17.6 Å². The molecule has 4 rings (SSSR count). The highest BCUT2D eigenvalue weighted by Gasteiger charge is 2.20. The number of imidazole rings is 1. The monoisotopic (exact) mass is 646 g/mol. The maximum absolute atomic E-state index is 8.63. The molecule has 0 aliphatic rings. The number of ether oxygens (including phenoxy) is 2. The number of halogens is 4. The van der Waals surface area contributed by atoms with Gasteiger partial charge in [-0.05, 0) is 47.5 Å². The van der Waals surface area contributed by atoms with E-state index < -0.39 is 10.4 Å². The molecule has 0 spiro atoms. The van der Waals surface area contributed by atoms with Gasteiger partial charge in [-0.1, -0.05) is 70.7 Å². The van der Waals surface area contributed by atoms with Gasteiger partial charge in [-0.2, -0.15) is 0 Å². The van der Waals surface area contributed by atoms with Crippen LogP contribution in [0, 0.1) is 0 Å². The fraction of sp³-hybridized carbons (Fsp3) is 0.222. The summed E-state index contributed by atoms with van der Waals surface area (Å²) in [5.41, 5.74) is 2.97. The summed E-state index contributed by atoms with van der Waals surface area (Å²) in [6.45, 7) is 1.74. The Hall–Kier alpha value is -2.34. The lowest BCUT2D eigenvalue weighted by molar-refractivity contribution is -0.696. The Balaban J connectivity index is 0.000000810. The first-order chi connectivity index (χ1) is 18.9. The smallest absolute Gasteiger partial charge is 0.243 e. The molecule has 1 unspecified atom stereocenters. The number of methoxy groups -OCH3 is 1. The minimum absolute atomic E-state index is 0.311. The molecule has 0 bridgehead atoms. The van der Waals surface area contributed by atoms with E-state index in [-0.39, 0.29) is 6.10 Å². The van der Waals surface area contributed by atoms with Crippen LogP contribution in [-0.2, 0) is 41.3 Å². The Morgan fingerprint density at radius 2 is 1.60 bits per heavy atom. The molecule has 8 nitrogen and oxygen atoms in total. The van der Waals surface area contributed by atoms with Gasteiger partial charge in [0.15, 0.2) is 0 Å². The van der Waals surface area contributed by atoms with Crippen molar-refractivity contribution in [1.82, 2.24) is 4.57 Å². The summed E-state index contributed by atoms with van der Waals surface area (Å²) < 4.78 is 48.6. The molecule has 1 heterocycles. The van der Waals surface area contributed by atoms with Crippen LogP contribution in [0.2, 0.25) is 20.1 Å². The molecule has 0 aliphatic carbocycles. The highest BCUT2D eigenvalue weighted by Crippen LogP contribution is 2.31. The summed E-state index contributed by atoms with van der Waals surface area (Å²) in [4.78, 5) is 0. The van der Waals surface area contributed by atoms with E-state index in [0.717, 1.165) is 29.8 Å². The van der Waals surface area contributed by atoms with Crippen molar-refractivity contribution >= 4 is 56.8 Å². The van der Waals surface area contributed by atoms with E-state index in [1.807, 2.05) is 36.5 Å². The quantitative estimate of drug-likeness (QED) is 0.118. The van der Waals surface area contributed by atoms with Crippen LogP contribution < -0.4 is 9.30 Å². The Labute approximate surface area is 253 Å². The Bertz CT molecular complexity index is 1510. The lowest BCUT2D eigenvalue weighted by Crippen LogP contribution is -2.32. The van der Waals surface area contributed by atoms with Gasteiger partial charge in [0.2, 0.25) is 16.7 Å². The van der Waals surface area contributed by atoms with Gasteiger partial charge in [-0.3, -0.25) is 4.55 Å². The fourth-order valence-corrected chi connectivity index (χ4v) is 4.75. The molecular weight excluding hydrogens is 622 g/mol. The Morgan fingerprint density at radius 1 is 0.975 bits per heavy atom. The molecule has 13 heteroatoms. The minimum atomic E-state index is -4.92. The highest BCUT2D eigenvalue weighted by molar-refractivity contribution is 7.79. The standard InChI is InChI=1S/C27H25Cl4N2O2.H2O4S/c1-34-23-7-2-19(3-8-23)10-11-32-12-13-33(18-32)16-27(24-9-6-22(29)15-26(24)31)35-17-20-4-5-21(28)14-25(20)30;1-5(2,3)4/h2-9,12-15,18,27H,10-11,16-17H2,1H3;(H2,1,2,3,4)/q+1;/p-1. The second-order valence-corrected chi connectivity index (χ2v) is 11.1. The zero-order valence-corrected chi connectivity index (χ0v) is 25.1. The van der Waals surface area contributed by atoms with E-state index in [9.17, 15) is 0 Å².